The van der Waals surface area contributed by atoms with Crippen LogP contribution in [0.3, 0.4) is 0 Å². The van der Waals surface area contributed by atoms with Crippen LogP contribution in [0.15, 0.2) is 60.3 Å². The van der Waals surface area contributed by atoms with Crippen LogP contribution < -0.4 is 14.8 Å². The summed E-state index contributed by atoms with van der Waals surface area (Å²) in [7, 11) is -0.298. The molecule has 0 bridgehead atoms. The molecule has 0 saturated carbocycles. The van der Waals surface area contributed by atoms with E-state index < -0.39 is 19.9 Å². The molecule has 2 aliphatic heterocycles. The van der Waals surface area contributed by atoms with Gasteiger partial charge in [0.2, 0.25) is 5.91 Å². The summed E-state index contributed by atoms with van der Waals surface area (Å²) in [6.45, 7) is 16.8. The smallest absolute Gasteiger partial charge is 0.250 e. The van der Waals surface area contributed by atoms with E-state index in [1.165, 1.54) is 0 Å². The van der Waals surface area contributed by atoms with Gasteiger partial charge in [0.15, 0.2) is 19.8 Å². The molecule has 0 aliphatic carbocycles. The van der Waals surface area contributed by atoms with Gasteiger partial charge >= 0.3 is 0 Å². The van der Waals surface area contributed by atoms with Crippen LogP contribution in [-0.2, 0) is 20.6 Å². The maximum Gasteiger partial charge on any atom is 0.250 e. The van der Waals surface area contributed by atoms with Crippen molar-refractivity contribution in [2.45, 2.75) is 83.8 Å². The summed E-state index contributed by atoms with van der Waals surface area (Å²) >= 11 is 0. The van der Waals surface area contributed by atoms with E-state index in [9.17, 15) is 9.59 Å². The molecule has 8 nitrogen and oxygen atoms in total. The first-order valence-corrected chi connectivity index (χ1v) is 18.5. The summed E-state index contributed by atoms with van der Waals surface area (Å²) in [6, 6.07) is 12.9. The van der Waals surface area contributed by atoms with E-state index in [1.54, 1.807) is 13.3 Å². The second-order valence-electron chi connectivity index (χ2n) is 13.9. The Hall–Kier alpha value is -3.56. The standard InChI is InChI=1S/C35H47N3O5Si/c1-23(21-43-44(7,8)34(3,4)5)16-18-35-24(2)17-19-38(35)32(39)30(37-33(35)40)27-20-36-29-26(27)14-15-28(31(29)41-6)42-22-25-12-10-9-11-13-25/h9-16,20,24,30,36H,17-19,21-22H2,1-8H3,(H,37,40)/b23-16-/t24-,30+,35+/m0/s1. The number of rotatable bonds is 10. The number of hydrogen-bond donors (Lipinski definition) is 2. The van der Waals surface area contributed by atoms with E-state index >= 15 is 0 Å². The van der Waals surface area contributed by atoms with Crippen molar-refractivity contribution in [3.8, 4) is 11.5 Å². The number of nitrogens with zero attached hydrogens (tertiary/aromatic N) is 1. The summed E-state index contributed by atoms with van der Waals surface area (Å²) in [5.74, 6) is 1.00. The Morgan fingerprint density at radius 1 is 1.14 bits per heavy atom. The molecular formula is C35H47N3O5Si. The van der Waals surface area contributed by atoms with E-state index in [0.29, 0.717) is 43.2 Å². The fraction of sp³-hybridized carbons (Fsp3) is 0.486. The van der Waals surface area contributed by atoms with Crippen molar-refractivity contribution in [2.75, 3.05) is 20.3 Å². The van der Waals surface area contributed by atoms with E-state index in [0.717, 1.165) is 28.5 Å². The van der Waals surface area contributed by atoms with Crippen molar-refractivity contribution < 1.29 is 23.5 Å². The lowest BCUT2D eigenvalue weighted by Crippen LogP contribution is -2.67. The average molecular weight is 618 g/mol. The minimum absolute atomic E-state index is 0.0325. The second-order valence-corrected chi connectivity index (χ2v) is 18.7. The van der Waals surface area contributed by atoms with E-state index in [-0.39, 0.29) is 22.8 Å². The Labute approximate surface area is 262 Å². The van der Waals surface area contributed by atoms with Crippen molar-refractivity contribution in [3.05, 3.63) is 71.4 Å². The minimum Gasteiger partial charge on any atom is -0.491 e. The second kappa shape index (κ2) is 12.1. The SMILES string of the molecule is COc1c(OCc2ccccc2)ccc2c([C@H]3NC(=O)[C@@]4(C/C=C(/C)CO[Si](C)(C)C(C)(C)C)[C@@H](C)CCN4C3=O)c[nH]c12. The van der Waals surface area contributed by atoms with E-state index in [4.69, 9.17) is 13.9 Å². The topological polar surface area (TPSA) is 92.9 Å². The number of hydrogen-bond acceptors (Lipinski definition) is 5. The zero-order chi connectivity index (χ0) is 31.9. The molecule has 2 fully saturated rings. The molecule has 2 saturated heterocycles. The Bertz CT molecular complexity index is 1560. The van der Waals surface area contributed by atoms with Crippen molar-refractivity contribution >= 4 is 31.0 Å². The molecule has 3 aromatic rings. The van der Waals surface area contributed by atoms with Gasteiger partial charge in [-0.1, -0.05) is 69.7 Å². The largest absolute Gasteiger partial charge is 0.491 e. The molecular weight excluding hydrogens is 570 g/mol. The van der Waals surface area contributed by atoms with Crippen molar-refractivity contribution in [1.29, 1.82) is 0 Å². The molecule has 3 atom stereocenters. The maximum absolute atomic E-state index is 14.1. The molecule has 2 aliphatic rings. The highest BCUT2D eigenvalue weighted by Crippen LogP contribution is 2.45. The molecule has 2 N–H and O–H groups in total. The zero-order valence-electron chi connectivity index (χ0n) is 27.4. The number of aromatic amines is 1. The van der Waals surface area contributed by atoms with Crippen LogP contribution in [0.4, 0.5) is 0 Å². The van der Waals surface area contributed by atoms with Crippen molar-refractivity contribution in [3.63, 3.8) is 0 Å². The van der Waals surface area contributed by atoms with Gasteiger partial charge in [-0.25, -0.2) is 0 Å². The summed E-state index contributed by atoms with van der Waals surface area (Å²) in [5.41, 5.74) is 2.66. The van der Waals surface area contributed by atoms with Gasteiger partial charge in [0.05, 0.1) is 19.2 Å². The maximum atomic E-state index is 14.1. The van der Waals surface area contributed by atoms with Crippen LogP contribution in [0.1, 0.15) is 64.6 Å². The third kappa shape index (κ3) is 5.67. The lowest BCUT2D eigenvalue weighted by Gasteiger charge is -2.45. The van der Waals surface area contributed by atoms with Crippen LogP contribution in [0.5, 0.6) is 11.5 Å². The molecule has 0 unspecified atom stereocenters. The van der Waals surface area contributed by atoms with Crippen LogP contribution in [-0.4, -0.2) is 55.8 Å². The van der Waals surface area contributed by atoms with E-state index in [2.05, 4.69) is 64.1 Å². The van der Waals surface area contributed by atoms with Crippen LogP contribution >= 0.6 is 0 Å². The Balaban J connectivity index is 1.37. The van der Waals surface area contributed by atoms with Gasteiger partial charge < -0.3 is 29.1 Å². The molecule has 5 rings (SSSR count). The number of amides is 2. The third-order valence-corrected chi connectivity index (χ3v) is 14.5. The summed E-state index contributed by atoms with van der Waals surface area (Å²) in [5, 5.41) is 4.06. The molecule has 0 spiro atoms. The number of H-pyrrole nitrogens is 1. The molecule has 2 aromatic carbocycles. The molecule has 3 heterocycles. The minimum atomic E-state index is -1.90. The number of benzene rings is 2. The number of methoxy groups -OCH3 is 1. The number of aromatic nitrogens is 1. The highest BCUT2D eigenvalue weighted by atomic mass is 28.4. The number of ether oxygens (including phenoxy) is 2. The Kier molecular flexibility index (Phi) is 8.75. The van der Waals surface area contributed by atoms with Crippen LogP contribution in [0.25, 0.3) is 10.9 Å². The first-order chi connectivity index (χ1) is 20.8. The molecule has 2 amide bonds. The highest BCUT2D eigenvalue weighted by Gasteiger charge is 2.58. The van der Waals surface area contributed by atoms with Gasteiger partial charge in [-0.15, -0.1) is 0 Å². The predicted molar refractivity (Wildman–Crippen MR) is 176 cm³/mol. The van der Waals surface area contributed by atoms with Gasteiger partial charge in [-0.05, 0) is 61.5 Å². The predicted octanol–water partition coefficient (Wildman–Crippen LogP) is 6.89. The molecule has 1 aromatic heterocycles. The summed E-state index contributed by atoms with van der Waals surface area (Å²) < 4.78 is 18.3. The number of carbonyl (C=O) groups excluding carboxylic acids is 2. The van der Waals surface area contributed by atoms with Gasteiger partial charge in [-0.2, -0.15) is 0 Å². The van der Waals surface area contributed by atoms with Crippen molar-refractivity contribution in [2.24, 2.45) is 5.92 Å². The third-order valence-electron chi connectivity index (χ3n) is 10.0. The zero-order valence-corrected chi connectivity index (χ0v) is 28.4. The van der Waals surface area contributed by atoms with Crippen LogP contribution in [0.2, 0.25) is 18.1 Å². The molecule has 44 heavy (non-hydrogen) atoms. The van der Waals surface area contributed by atoms with Gasteiger partial charge in [-0.3, -0.25) is 9.59 Å². The molecule has 9 heteroatoms. The van der Waals surface area contributed by atoms with Gasteiger partial charge in [0.1, 0.15) is 18.2 Å². The number of piperazine rings is 1. The fourth-order valence-electron chi connectivity index (χ4n) is 6.13. The summed E-state index contributed by atoms with van der Waals surface area (Å²) in [6.07, 6.45) is 5.15. The highest BCUT2D eigenvalue weighted by molar-refractivity contribution is 6.74. The van der Waals surface area contributed by atoms with Crippen molar-refractivity contribution in [1.82, 2.24) is 15.2 Å². The Morgan fingerprint density at radius 3 is 2.55 bits per heavy atom. The Morgan fingerprint density at radius 2 is 1.86 bits per heavy atom. The van der Waals surface area contributed by atoms with Gasteiger partial charge in [0.25, 0.3) is 5.91 Å². The molecule has 236 valence electrons. The average Bonchev–Trinajstić information content (AvgIpc) is 3.57. The van der Waals surface area contributed by atoms with E-state index in [1.807, 2.05) is 47.4 Å². The van der Waals surface area contributed by atoms with Gasteiger partial charge in [0, 0.05) is 23.7 Å². The normalized spacial score (nSPS) is 22.7. The monoisotopic (exact) mass is 617 g/mol. The molecule has 0 radical (unpaired) electrons. The first kappa shape index (κ1) is 31.8. The fourth-order valence-corrected chi connectivity index (χ4v) is 7.16. The lowest BCUT2D eigenvalue weighted by atomic mass is 9.79. The van der Waals surface area contributed by atoms with Crippen LogP contribution in [0, 0.1) is 5.92 Å². The first-order valence-electron chi connectivity index (χ1n) is 15.6. The lowest BCUT2D eigenvalue weighted by molar-refractivity contribution is -0.156. The number of nitrogens with one attached hydrogen (secondary N) is 2. The quantitative estimate of drug-likeness (QED) is 0.191. The number of fused-ring (bicyclic) bond motifs is 2. The summed E-state index contributed by atoms with van der Waals surface area (Å²) in [4.78, 5) is 33.3. The number of carbonyl (C=O) groups is 2.